The minimum Gasteiger partial charge on any atom is -0.391 e. The van der Waals surface area contributed by atoms with Crippen molar-refractivity contribution >= 4 is 0 Å². The van der Waals surface area contributed by atoms with Crippen LogP contribution in [-0.4, -0.2) is 11.2 Å². The fourth-order valence-corrected chi connectivity index (χ4v) is 3.29. The monoisotopic (exact) mass is 373 g/mol. The number of aliphatic hydroxyl groups is 1. The summed E-state index contributed by atoms with van der Waals surface area (Å²) in [6.07, 6.45) is -8.34. The van der Waals surface area contributed by atoms with Gasteiger partial charge in [-0.2, -0.15) is 26.3 Å². The SMILES string of the molecule is N[C@H](c1c(F)cc(C(F)(F)F)cc1C(F)(F)F)[C@@H](O)C1CCCCC1. The number of rotatable bonds is 3. The maximum Gasteiger partial charge on any atom is 0.416 e. The maximum absolute atomic E-state index is 14.2. The Hall–Kier alpha value is -1.35. The Balaban J connectivity index is 2.48. The maximum atomic E-state index is 14.2. The summed E-state index contributed by atoms with van der Waals surface area (Å²) in [5.41, 5.74) is 0.976. The summed E-state index contributed by atoms with van der Waals surface area (Å²) < 4.78 is 91.8. The van der Waals surface area contributed by atoms with E-state index in [2.05, 4.69) is 0 Å². The van der Waals surface area contributed by atoms with Gasteiger partial charge >= 0.3 is 12.4 Å². The Morgan fingerprint density at radius 1 is 0.960 bits per heavy atom. The molecule has 1 fully saturated rings. The van der Waals surface area contributed by atoms with Crippen LogP contribution in [0.1, 0.15) is 54.8 Å². The number of hydrogen-bond donors (Lipinski definition) is 2. The van der Waals surface area contributed by atoms with Crippen LogP contribution in [0, 0.1) is 11.7 Å². The molecule has 1 saturated carbocycles. The van der Waals surface area contributed by atoms with Crippen LogP contribution in [-0.2, 0) is 12.4 Å². The van der Waals surface area contributed by atoms with Gasteiger partial charge in [-0.1, -0.05) is 19.3 Å². The minimum absolute atomic E-state index is 0.0158. The lowest BCUT2D eigenvalue weighted by Crippen LogP contribution is -2.36. The molecule has 142 valence electrons. The molecule has 9 heteroatoms. The summed E-state index contributed by atoms with van der Waals surface area (Å²) in [5, 5.41) is 10.3. The summed E-state index contributed by atoms with van der Waals surface area (Å²) in [5.74, 6) is -2.13. The minimum atomic E-state index is -5.23. The number of alkyl halides is 6. The lowest BCUT2D eigenvalue weighted by atomic mass is 9.80. The molecule has 2 rings (SSSR count). The van der Waals surface area contributed by atoms with E-state index in [0.29, 0.717) is 12.8 Å². The fourth-order valence-electron chi connectivity index (χ4n) is 3.29. The first kappa shape index (κ1) is 20.0. The second-order valence-electron chi connectivity index (χ2n) is 6.33. The fraction of sp³-hybridized carbons (Fsp3) is 0.625. The van der Waals surface area contributed by atoms with Crippen molar-refractivity contribution in [1.29, 1.82) is 0 Å². The predicted molar refractivity (Wildman–Crippen MR) is 75.9 cm³/mol. The summed E-state index contributed by atoms with van der Waals surface area (Å²) >= 11 is 0. The van der Waals surface area contributed by atoms with Gasteiger partial charge in [0.15, 0.2) is 0 Å². The third-order valence-electron chi connectivity index (χ3n) is 4.60. The molecule has 0 saturated heterocycles. The molecule has 0 radical (unpaired) electrons. The van der Waals surface area contributed by atoms with Gasteiger partial charge in [0, 0.05) is 5.56 Å². The number of benzene rings is 1. The van der Waals surface area contributed by atoms with Crippen LogP contribution in [0.2, 0.25) is 0 Å². The van der Waals surface area contributed by atoms with Gasteiger partial charge in [0.2, 0.25) is 0 Å². The molecule has 0 unspecified atom stereocenters. The van der Waals surface area contributed by atoms with Crippen molar-refractivity contribution in [1.82, 2.24) is 0 Å². The Morgan fingerprint density at radius 2 is 1.52 bits per heavy atom. The molecule has 0 heterocycles. The predicted octanol–water partition coefficient (Wildman–Crippen LogP) is 4.80. The molecule has 2 atom stereocenters. The standard InChI is InChI=1S/C16H18F7NO/c17-11-7-9(15(18,19)20)6-10(16(21,22)23)12(11)13(24)14(25)8-4-2-1-3-5-8/h6-8,13-14,25H,1-5,24H2/t13-,14+/m1/s1. The topological polar surface area (TPSA) is 46.2 Å². The highest BCUT2D eigenvalue weighted by atomic mass is 19.4. The van der Waals surface area contributed by atoms with Crippen LogP contribution in [0.4, 0.5) is 30.7 Å². The number of aliphatic hydroxyl groups excluding tert-OH is 1. The van der Waals surface area contributed by atoms with Crippen molar-refractivity contribution in [3.63, 3.8) is 0 Å². The Kier molecular flexibility index (Phi) is 5.68. The molecule has 1 aromatic carbocycles. The van der Waals surface area contributed by atoms with E-state index in [1.54, 1.807) is 0 Å². The third kappa shape index (κ3) is 4.44. The molecular weight excluding hydrogens is 355 g/mol. The first-order valence-electron chi connectivity index (χ1n) is 7.84. The average Bonchev–Trinajstić information content (AvgIpc) is 2.52. The van der Waals surface area contributed by atoms with Crippen LogP contribution in [0.5, 0.6) is 0 Å². The van der Waals surface area contributed by atoms with Gasteiger partial charge < -0.3 is 10.8 Å². The Bertz CT molecular complexity index is 606. The van der Waals surface area contributed by atoms with Crippen LogP contribution < -0.4 is 5.73 Å². The van der Waals surface area contributed by atoms with Gasteiger partial charge in [0.05, 0.1) is 23.3 Å². The highest BCUT2D eigenvalue weighted by molar-refractivity contribution is 5.39. The highest BCUT2D eigenvalue weighted by Crippen LogP contribution is 2.42. The van der Waals surface area contributed by atoms with Gasteiger partial charge in [-0.3, -0.25) is 0 Å². The molecule has 1 aliphatic rings. The van der Waals surface area contributed by atoms with Crippen LogP contribution in [0.25, 0.3) is 0 Å². The largest absolute Gasteiger partial charge is 0.416 e. The van der Waals surface area contributed by atoms with E-state index in [1.807, 2.05) is 0 Å². The van der Waals surface area contributed by atoms with E-state index in [-0.39, 0.29) is 12.1 Å². The van der Waals surface area contributed by atoms with E-state index >= 15 is 0 Å². The van der Waals surface area contributed by atoms with E-state index in [0.717, 1.165) is 19.3 Å². The first-order valence-corrected chi connectivity index (χ1v) is 7.84. The second-order valence-corrected chi connectivity index (χ2v) is 6.33. The van der Waals surface area contributed by atoms with Gasteiger partial charge in [-0.05, 0) is 30.9 Å². The molecule has 0 aromatic heterocycles. The van der Waals surface area contributed by atoms with Gasteiger partial charge in [-0.25, -0.2) is 4.39 Å². The van der Waals surface area contributed by atoms with Crippen LogP contribution >= 0.6 is 0 Å². The molecule has 0 aliphatic heterocycles. The zero-order chi connectivity index (χ0) is 19.0. The van der Waals surface area contributed by atoms with Gasteiger partial charge in [0.1, 0.15) is 5.82 Å². The van der Waals surface area contributed by atoms with E-state index < -0.39 is 52.9 Å². The number of halogens is 7. The third-order valence-corrected chi connectivity index (χ3v) is 4.60. The van der Waals surface area contributed by atoms with Gasteiger partial charge in [0.25, 0.3) is 0 Å². The van der Waals surface area contributed by atoms with E-state index in [1.165, 1.54) is 0 Å². The average molecular weight is 373 g/mol. The van der Waals surface area contributed by atoms with Gasteiger partial charge in [-0.15, -0.1) is 0 Å². The van der Waals surface area contributed by atoms with Crippen molar-refractivity contribution in [2.45, 2.75) is 56.6 Å². The van der Waals surface area contributed by atoms with Crippen molar-refractivity contribution in [3.8, 4) is 0 Å². The highest BCUT2D eigenvalue weighted by Gasteiger charge is 2.42. The molecule has 0 bridgehead atoms. The lowest BCUT2D eigenvalue weighted by Gasteiger charge is -2.32. The summed E-state index contributed by atoms with van der Waals surface area (Å²) in [6, 6.07) is -1.94. The molecule has 0 amide bonds. The van der Waals surface area contributed by atoms with Crippen molar-refractivity contribution in [2.24, 2.45) is 11.7 Å². The van der Waals surface area contributed by atoms with Crippen LogP contribution in [0.15, 0.2) is 12.1 Å². The number of nitrogens with two attached hydrogens (primary N) is 1. The molecule has 25 heavy (non-hydrogen) atoms. The van der Waals surface area contributed by atoms with Crippen LogP contribution in [0.3, 0.4) is 0 Å². The smallest absolute Gasteiger partial charge is 0.391 e. The molecule has 1 aliphatic carbocycles. The lowest BCUT2D eigenvalue weighted by molar-refractivity contribution is -0.144. The molecule has 3 N–H and O–H groups in total. The normalized spacial score (nSPS) is 19.7. The van der Waals surface area contributed by atoms with Crippen molar-refractivity contribution in [2.75, 3.05) is 0 Å². The Morgan fingerprint density at radius 3 is 2.00 bits per heavy atom. The van der Waals surface area contributed by atoms with E-state index in [9.17, 15) is 35.8 Å². The van der Waals surface area contributed by atoms with E-state index in [4.69, 9.17) is 5.73 Å². The zero-order valence-corrected chi connectivity index (χ0v) is 13.1. The zero-order valence-electron chi connectivity index (χ0n) is 13.1. The molecule has 2 nitrogen and oxygen atoms in total. The summed E-state index contributed by atoms with van der Waals surface area (Å²) in [7, 11) is 0. The number of hydrogen-bond acceptors (Lipinski definition) is 2. The first-order chi connectivity index (χ1) is 11.4. The summed E-state index contributed by atoms with van der Waals surface area (Å²) in [6.45, 7) is 0. The summed E-state index contributed by atoms with van der Waals surface area (Å²) in [4.78, 5) is 0. The molecule has 1 aromatic rings. The Labute approximate surface area is 139 Å². The quantitative estimate of drug-likeness (QED) is 0.748. The molecular formula is C16H18F7NO. The van der Waals surface area contributed by atoms with Crippen molar-refractivity contribution < 1.29 is 35.8 Å². The van der Waals surface area contributed by atoms with Crippen molar-refractivity contribution in [3.05, 3.63) is 34.6 Å². The molecule has 0 spiro atoms. The second kappa shape index (κ2) is 7.11.